The topological polar surface area (TPSA) is 66.4 Å². The van der Waals surface area contributed by atoms with Crippen LogP contribution in [-0.4, -0.2) is 58.3 Å². The summed E-state index contributed by atoms with van der Waals surface area (Å²) >= 11 is 0. The fraction of sp³-hybridized carbons (Fsp3) is 0.333. The molecule has 0 radical (unpaired) electrons. The number of carbonyl (C=O) groups excluding carboxylic acids is 2. The molecule has 6 heteroatoms. The molecule has 0 unspecified atom stereocenters. The zero-order valence-electron chi connectivity index (χ0n) is 11.8. The number of pyridine rings is 2. The van der Waals surface area contributed by atoms with Gasteiger partial charge in [0.2, 0.25) is 6.41 Å². The van der Waals surface area contributed by atoms with Crippen LogP contribution in [0.1, 0.15) is 16.1 Å². The highest BCUT2D eigenvalue weighted by atomic mass is 16.2. The molecule has 0 aromatic carbocycles. The molecule has 0 atom stereocenters. The van der Waals surface area contributed by atoms with Gasteiger partial charge < -0.3 is 9.80 Å². The molecule has 0 spiro atoms. The van der Waals surface area contributed by atoms with Gasteiger partial charge in [0.05, 0.1) is 16.8 Å². The second-order valence-corrected chi connectivity index (χ2v) is 5.12. The lowest BCUT2D eigenvalue weighted by Crippen LogP contribution is -2.48. The Balaban J connectivity index is 1.87. The van der Waals surface area contributed by atoms with Crippen molar-refractivity contribution >= 4 is 23.2 Å². The number of amides is 2. The van der Waals surface area contributed by atoms with Gasteiger partial charge in [-0.3, -0.25) is 19.6 Å². The Morgan fingerprint density at radius 3 is 2.76 bits per heavy atom. The average Bonchev–Trinajstić information content (AvgIpc) is 2.53. The van der Waals surface area contributed by atoms with E-state index in [-0.39, 0.29) is 5.91 Å². The summed E-state index contributed by atoms with van der Waals surface area (Å²) in [6.07, 6.45) is 4.23. The van der Waals surface area contributed by atoms with Crippen LogP contribution in [0.25, 0.3) is 10.9 Å². The molecule has 1 fully saturated rings. The van der Waals surface area contributed by atoms with Gasteiger partial charge in [0.1, 0.15) is 0 Å². The standard InChI is InChI=1S/C15H16N4O2/c1-11-13(8-12-9-16-3-2-14(12)17-11)15(21)19-6-4-18(10-20)5-7-19/h2-3,8-10H,4-7H2,1H3. The van der Waals surface area contributed by atoms with Gasteiger partial charge in [-0.1, -0.05) is 0 Å². The van der Waals surface area contributed by atoms with Gasteiger partial charge in [0.15, 0.2) is 0 Å². The third-order valence-corrected chi connectivity index (χ3v) is 3.79. The number of nitrogens with zero attached hydrogens (tertiary/aromatic N) is 4. The molecule has 2 aromatic rings. The normalized spacial score (nSPS) is 15.3. The molecule has 1 aliphatic heterocycles. The summed E-state index contributed by atoms with van der Waals surface area (Å²) in [5.74, 6) is -0.0312. The third-order valence-electron chi connectivity index (χ3n) is 3.79. The zero-order chi connectivity index (χ0) is 14.8. The van der Waals surface area contributed by atoms with E-state index < -0.39 is 0 Å². The van der Waals surface area contributed by atoms with Gasteiger partial charge in [0, 0.05) is 44.0 Å². The van der Waals surface area contributed by atoms with Crippen molar-refractivity contribution in [2.45, 2.75) is 6.92 Å². The van der Waals surface area contributed by atoms with E-state index in [2.05, 4.69) is 9.97 Å². The monoisotopic (exact) mass is 284 g/mol. The third kappa shape index (κ3) is 2.56. The van der Waals surface area contributed by atoms with Crippen molar-refractivity contribution in [3.63, 3.8) is 0 Å². The first kappa shape index (κ1) is 13.5. The maximum absolute atomic E-state index is 12.6. The van der Waals surface area contributed by atoms with Gasteiger partial charge in [-0.2, -0.15) is 0 Å². The second kappa shape index (κ2) is 5.47. The Hall–Kier alpha value is -2.50. The smallest absolute Gasteiger partial charge is 0.255 e. The van der Waals surface area contributed by atoms with Crippen molar-refractivity contribution in [2.75, 3.05) is 26.2 Å². The summed E-state index contributed by atoms with van der Waals surface area (Å²) in [6, 6.07) is 3.68. The van der Waals surface area contributed by atoms with Crippen molar-refractivity contribution < 1.29 is 9.59 Å². The number of piperazine rings is 1. The number of carbonyl (C=O) groups is 2. The molecule has 3 rings (SSSR count). The molecule has 2 amide bonds. The van der Waals surface area contributed by atoms with Crippen molar-refractivity contribution in [1.82, 2.24) is 19.8 Å². The average molecular weight is 284 g/mol. The molecular formula is C15H16N4O2. The number of aromatic nitrogens is 2. The Morgan fingerprint density at radius 2 is 2.05 bits per heavy atom. The molecule has 0 N–H and O–H groups in total. The van der Waals surface area contributed by atoms with Gasteiger partial charge in [-0.05, 0) is 19.1 Å². The molecule has 0 aliphatic carbocycles. The summed E-state index contributed by atoms with van der Waals surface area (Å²) in [5.41, 5.74) is 2.16. The van der Waals surface area contributed by atoms with Gasteiger partial charge in [-0.15, -0.1) is 0 Å². The van der Waals surface area contributed by atoms with Crippen LogP contribution in [0.3, 0.4) is 0 Å². The summed E-state index contributed by atoms with van der Waals surface area (Å²) in [7, 11) is 0. The highest BCUT2D eigenvalue weighted by molar-refractivity contribution is 5.98. The minimum atomic E-state index is -0.0312. The minimum Gasteiger partial charge on any atom is -0.342 e. The van der Waals surface area contributed by atoms with Crippen molar-refractivity contribution in [1.29, 1.82) is 0 Å². The number of hydrogen-bond donors (Lipinski definition) is 0. The predicted molar refractivity (Wildman–Crippen MR) is 77.8 cm³/mol. The first-order valence-electron chi connectivity index (χ1n) is 6.89. The fourth-order valence-corrected chi connectivity index (χ4v) is 2.53. The lowest BCUT2D eigenvalue weighted by atomic mass is 10.1. The molecular weight excluding hydrogens is 268 g/mol. The zero-order valence-corrected chi connectivity index (χ0v) is 11.8. The van der Waals surface area contributed by atoms with Crippen molar-refractivity contribution in [3.8, 4) is 0 Å². The largest absolute Gasteiger partial charge is 0.342 e. The van der Waals surface area contributed by atoms with Crippen LogP contribution in [0.4, 0.5) is 0 Å². The quantitative estimate of drug-likeness (QED) is 0.767. The van der Waals surface area contributed by atoms with E-state index >= 15 is 0 Å². The summed E-state index contributed by atoms with van der Waals surface area (Å²) in [5, 5.41) is 0.859. The molecule has 1 aliphatic rings. The first-order valence-corrected chi connectivity index (χ1v) is 6.89. The van der Waals surface area contributed by atoms with Crippen LogP contribution in [-0.2, 0) is 4.79 Å². The van der Waals surface area contributed by atoms with Crippen LogP contribution in [0.5, 0.6) is 0 Å². The van der Waals surface area contributed by atoms with Crippen LogP contribution in [0.2, 0.25) is 0 Å². The molecule has 6 nitrogen and oxygen atoms in total. The first-order chi connectivity index (χ1) is 10.2. The van der Waals surface area contributed by atoms with Crippen molar-refractivity contribution in [3.05, 3.63) is 35.8 Å². The fourth-order valence-electron chi connectivity index (χ4n) is 2.53. The Bertz CT molecular complexity index is 693. The molecule has 0 saturated carbocycles. The molecule has 3 heterocycles. The van der Waals surface area contributed by atoms with Gasteiger partial charge in [0.25, 0.3) is 5.91 Å². The highest BCUT2D eigenvalue weighted by Gasteiger charge is 2.23. The van der Waals surface area contributed by atoms with E-state index in [4.69, 9.17) is 0 Å². The van der Waals surface area contributed by atoms with Crippen molar-refractivity contribution in [2.24, 2.45) is 0 Å². The maximum Gasteiger partial charge on any atom is 0.255 e. The number of hydrogen-bond acceptors (Lipinski definition) is 4. The lowest BCUT2D eigenvalue weighted by Gasteiger charge is -2.32. The summed E-state index contributed by atoms with van der Waals surface area (Å²) < 4.78 is 0. The van der Waals surface area contributed by atoms with Crippen LogP contribution in [0, 0.1) is 6.92 Å². The molecule has 0 bridgehead atoms. The summed E-state index contributed by atoms with van der Waals surface area (Å²) in [6.45, 7) is 4.12. The minimum absolute atomic E-state index is 0.0312. The van der Waals surface area contributed by atoms with E-state index in [0.717, 1.165) is 23.0 Å². The predicted octanol–water partition coefficient (Wildman–Crippen LogP) is 0.852. The van der Waals surface area contributed by atoms with E-state index in [1.54, 1.807) is 22.2 Å². The Morgan fingerprint density at radius 1 is 1.29 bits per heavy atom. The molecule has 108 valence electrons. The van der Waals surface area contributed by atoms with Crippen LogP contribution in [0.15, 0.2) is 24.5 Å². The van der Waals surface area contributed by atoms with Crippen LogP contribution >= 0.6 is 0 Å². The van der Waals surface area contributed by atoms with E-state index in [1.807, 2.05) is 19.1 Å². The summed E-state index contributed by atoms with van der Waals surface area (Å²) in [4.78, 5) is 35.3. The maximum atomic E-state index is 12.6. The number of rotatable bonds is 2. The molecule has 21 heavy (non-hydrogen) atoms. The SMILES string of the molecule is Cc1nc2ccncc2cc1C(=O)N1CCN(C=O)CC1. The number of aryl methyl sites for hydroxylation is 1. The van der Waals surface area contributed by atoms with Crippen LogP contribution < -0.4 is 0 Å². The van der Waals surface area contributed by atoms with Gasteiger partial charge >= 0.3 is 0 Å². The Kier molecular flexibility index (Phi) is 3.51. The number of fused-ring (bicyclic) bond motifs is 1. The lowest BCUT2D eigenvalue weighted by molar-refractivity contribution is -0.119. The van der Waals surface area contributed by atoms with E-state index in [1.165, 1.54) is 0 Å². The second-order valence-electron chi connectivity index (χ2n) is 5.12. The van der Waals surface area contributed by atoms with Gasteiger partial charge in [-0.25, -0.2) is 0 Å². The van der Waals surface area contributed by atoms with E-state index in [9.17, 15) is 9.59 Å². The Labute approximate surface area is 122 Å². The highest BCUT2D eigenvalue weighted by Crippen LogP contribution is 2.17. The molecule has 1 saturated heterocycles. The molecule has 2 aromatic heterocycles. The van der Waals surface area contributed by atoms with E-state index in [0.29, 0.717) is 31.7 Å².